The van der Waals surface area contributed by atoms with E-state index in [1.807, 2.05) is 0 Å². The molecule has 1 unspecified atom stereocenters. The highest BCUT2D eigenvalue weighted by Gasteiger charge is 2.17. The van der Waals surface area contributed by atoms with Crippen molar-refractivity contribution >= 4 is 5.78 Å². The third kappa shape index (κ3) is 2.35. The van der Waals surface area contributed by atoms with Crippen molar-refractivity contribution < 1.29 is 9.53 Å². The van der Waals surface area contributed by atoms with Crippen molar-refractivity contribution in [2.45, 2.75) is 19.4 Å². The molecule has 11 heavy (non-hydrogen) atoms. The second-order valence-corrected chi connectivity index (χ2v) is 2.72. The number of ketones is 1. The molecule has 1 aliphatic rings. The van der Waals surface area contributed by atoms with E-state index in [9.17, 15) is 4.79 Å². The van der Waals surface area contributed by atoms with Crippen LogP contribution < -0.4 is 5.32 Å². The normalized spacial score (nSPS) is 27.1. The molecule has 1 aliphatic heterocycles. The van der Waals surface area contributed by atoms with Gasteiger partial charge in [-0.05, 0) is 13.0 Å². The average molecular weight is 155 g/mol. The fourth-order valence-corrected chi connectivity index (χ4v) is 1.16. The van der Waals surface area contributed by atoms with Crippen LogP contribution >= 0.6 is 0 Å². The third-order valence-corrected chi connectivity index (χ3v) is 1.72. The average Bonchev–Trinajstić information content (AvgIpc) is 2.34. The highest BCUT2D eigenvalue weighted by Crippen LogP contribution is 2.12. The van der Waals surface area contributed by atoms with Crippen LogP contribution in [-0.4, -0.2) is 25.5 Å². The van der Waals surface area contributed by atoms with Crippen LogP contribution in [0.3, 0.4) is 0 Å². The Morgan fingerprint density at radius 2 is 2.55 bits per heavy atom. The van der Waals surface area contributed by atoms with Crippen molar-refractivity contribution in [1.29, 1.82) is 0 Å². The molecule has 1 N–H and O–H groups in total. The van der Waals surface area contributed by atoms with E-state index in [1.165, 1.54) is 0 Å². The van der Waals surface area contributed by atoms with Crippen LogP contribution in [0.1, 0.15) is 13.3 Å². The maximum atomic E-state index is 10.6. The molecule has 0 amide bonds. The van der Waals surface area contributed by atoms with Crippen LogP contribution in [0.25, 0.3) is 0 Å². The Hall–Kier alpha value is -0.830. The standard InChI is InChI=1S/C8H13NO2/c1-6(10)3-7-4-8(11-2)5-9-7/h3,8-9H,4-5H2,1-2H3/b7-3-. The van der Waals surface area contributed by atoms with Gasteiger partial charge in [0.25, 0.3) is 0 Å². The van der Waals surface area contributed by atoms with Crippen molar-refractivity contribution in [3.63, 3.8) is 0 Å². The third-order valence-electron chi connectivity index (χ3n) is 1.72. The van der Waals surface area contributed by atoms with Gasteiger partial charge in [0.05, 0.1) is 6.10 Å². The van der Waals surface area contributed by atoms with Gasteiger partial charge in [0.15, 0.2) is 5.78 Å². The van der Waals surface area contributed by atoms with Crippen molar-refractivity contribution in [2.75, 3.05) is 13.7 Å². The monoisotopic (exact) mass is 155 g/mol. The molecule has 0 bridgehead atoms. The first-order valence-electron chi connectivity index (χ1n) is 3.70. The Kier molecular flexibility index (Phi) is 2.65. The Bertz CT molecular complexity index is 187. The molecule has 0 aromatic rings. The summed E-state index contributed by atoms with van der Waals surface area (Å²) in [4.78, 5) is 10.6. The number of hydrogen-bond donors (Lipinski definition) is 1. The van der Waals surface area contributed by atoms with Crippen molar-refractivity contribution in [3.05, 3.63) is 11.8 Å². The Labute approximate surface area is 66.4 Å². The molecule has 1 heterocycles. The number of nitrogens with one attached hydrogen (secondary N) is 1. The number of rotatable bonds is 2. The highest BCUT2D eigenvalue weighted by atomic mass is 16.5. The van der Waals surface area contributed by atoms with E-state index in [2.05, 4.69) is 5.32 Å². The molecule has 3 nitrogen and oxygen atoms in total. The van der Waals surface area contributed by atoms with Crippen molar-refractivity contribution in [2.24, 2.45) is 0 Å². The lowest BCUT2D eigenvalue weighted by Gasteiger charge is -2.01. The summed E-state index contributed by atoms with van der Waals surface area (Å²) >= 11 is 0. The number of ether oxygens (including phenoxy) is 1. The van der Waals surface area contributed by atoms with E-state index in [0.29, 0.717) is 0 Å². The van der Waals surface area contributed by atoms with E-state index in [1.54, 1.807) is 20.1 Å². The second kappa shape index (κ2) is 3.53. The van der Waals surface area contributed by atoms with Crippen LogP contribution in [0, 0.1) is 0 Å². The van der Waals surface area contributed by atoms with Gasteiger partial charge < -0.3 is 10.1 Å². The van der Waals surface area contributed by atoms with Crippen LogP contribution in [0.4, 0.5) is 0 Å². The van der Waals surface area contributed by atoms with Crippen LogP contribution in [0.2, 0.25) is 0 Å². The number of allylic oxidation sites excluding steroid dienone is 1. The van der Waals surface area contributed by atoms with Gasteiger partial charge >= 0.3 is 0 Å². The molecule has 0 aliphatic carbocycles. The van der Waals surface area contributed by atoms with Crippen LogP contribution in [-0.2, 0) is 9.53 Å². The molecule has 0 aromatic heterocycles. The van der Waals surface area contributed by atoms with E-state index in [0.717, 1.165) is 18.7 Å². The first kappa shape index (κ1) is 8.27. The zero-order valence-electron chi connectivity index (χ0n) is 6.89. The van der Waals surface area contributed by atoms with Gasteiger partial charge in [0.1, 0.15) is 0 Å². The summed E-state index contributed by atoms with van der Waals surface area (Å²) in [5.74, 6) is 0.0873. The first-order chi connectivity index (χ1) is 5.22. The fourth-order valence-electron chi connectivity index (χ4n) is 1.16. The van der Waals surface area contributed by atoms with Gasteiger partial charge in [0, 0.05) is 25.8 Å². The van der Waals surface area contributed by atoms with Gasteiger partial charge in [0.2, 0.25) is 0 Å². The molecule has 0 spiro atoms. The van der Waals surface area contributed by atoms with Crippen molar-refractivity contribution in [3.8, 4) is 0 Å². The lowest BCUT2D eigenvalue weighted by atomic mass is 10.2. The van der Waals surface area contributed by atoms with E-state index in [-0.39, 0.29) is 11.9 Å². The lowest BCUT2D eigenvalue weighted by Crippen LogP contribution is -2.14. The summed E-state index contributed by atoms with van der Waals surface area (Å²) in [6.07, 6.45) is 2.69. The quantitative estimate of drug-likeness (QED) is 0.589. The topological polar surface area (TPSA) is 38.3 Å². The fraction of sp³-hybridized carbons (Fsp3) is 0.625. The highest BCUT2D eigenvalue weighted by molar-refractivity contribution is 5.87. The maximum absolute atomic E-state index is 10.6. The van der Waals surface area contributed by atoms with Crippen LogP contribution in [0.5, 0.6) is 0 Å². The molecular weight excluding hydrogens is 142 g/mol. The minimum Gasteiger partial charge on any atom is -0.386 e. The molecular formula is C8H13NO2. The van der Waals surface area contributed by atoms with Gasteiger partial charge in [-0.15, -0.1) is 0 Å². The lowest BCUT2D eigenvalue weighted by molar-refractivity contribution is -0.112. The Balaban J connectivity index is 2.47. The first-order valence-corrected chi connectivity index (χ1v) is 3.70. The predicted octanol–water partition coefficient (Wildman–Crippen LogP) is 0.468. The molecule has 1 atom stereocenters. The van der Waals surface area contributed by atoms with Gasteiger partial charge in [-0.3, -0.25) is 4.79 Å². The number of carbonyl (C=O) groups is 1. The molecule has 1 fully saturated rings. The zero-order chi connectivity index (χ0) is 8.27. The van der Waals surface area contributed by atoms with E-state index < -0.39 is 0 Å². The number of methoxy groups -OCH3 is 1. The Morgan fingerprint density at radius 1 is 1.82 bits per heavy atom. The van der Waals surface area contributed by atoms with E-state index >= 15 is 0 Å². The zero-order valence-corrected chi connectivity index (χ0v) is 6.89. The second-order valence-electron chi connectivity index (χ2n) is 2.72. The molecule has 1 rings (SSSR count). The van der Waals surface area contributed by atoms with Gasteiger partial charge in [-0.2, -0.15) is 0 Å². The maximum Gasteiger partial charge on any atom is 0.154 e. The number of hydrogen-bond acceptors (Lipinski definition) is 3. The summed E-state index contributed by atoms with van der Waals surface area (Å²) in [6.45, 7) is 2.37. The number of carbonyl (C=O) groups excluding carboxylic acids is 1. The van der Waals surface area contributed by atoms with Crippen LogP contribution in [0.15, 0.2) is 11.8 Å². The van der Waals surface area contributed by atoms with Gasteiger partial charge in [-0.1, -0.05) is 0 Å². The summed E-state index contributed by atoms with van der Waals surface area (Å²) in [5, 5.41) is 3.10. The molecule has 1 saturated heterocycles. The smallest absolute Gasteiger partial charge is 0.154 e. The molecule has 0 radical (unpaired) electrons. The summed E-state index contributed by atoms with van der Waals surface area (Å²) in [5.41, 5.74) is 0.990. The van der Waals surface area contributed by atoms with E-state index in [4.69, 9.17) is 4.74 Å². The molecule has 3 heteroatoms. The minimum atomic E-state index is 0.0873. The summed E-state index contributed by atoms with van der Waals surface area (Å²) < 4.78 is 5.11. The van der Waals surface area contributed by atoms with Crippen molar-refractivity contribution in [1.82, 2.24) is 5.32 Å². The SMILES string of the molecule is COC1CN/C(=C\C(C)=O)C1. The predicted molar refractivity (Wildman–Crippen MR) is 42.2 cm³/mol. The minimum absolute atomic E-state index is 0.0873. The Morgan fingerprint density at radius 3 is 3.00 bits per heavy atom. The molecule has 0 saturated carbocycles. The summed E-state index contributed by atoms with van der Waals surface area (Å²) in [6, 6.07) is 0. The largest absolute Gasteiger partial charge is 0.386 e. The molecule has 62 valence electrons. The van der Waals surface area contributed by atoms with Gasteiger partial charge in [-0.25, -0.2) is 0 Å². The molecule has 0 aromatic carbocycles. The summed E-state index contributed by atoms with van der Waals surface area (Å²) in [7, 11) is 1.68.